The van der Waals surface area contributed by atoms with Gasteiger partial charge < -0.3 is 15.3 Å². The molecule has 0 fully saturated rings. The Balaban J connectivity index is 3.01. The van der Waals surface area contributed by atoms with E-state index in [1.54, 1.807) is 30.0 Å². The molecule has 0 aromatic heterocycles. The van der Waals surface area contributed by atoms with Crippen LogP contribution < -0.4 is 5.32 Å². The lowest BCUT2D eigenvalue weighted by atomic mass is 10.1. The van der Waals surface area contributed by atoms with Gasteiger partial charge in [0.05, 0.1) is 11.3 Å². The molecule has 0 radical (unpaired) electrons. The van der Waals surface area contributed by atoms with Gasteiger partial charge in [-0.1, -0.05) is 19.1 Å². The maximum atomic E-state index is 12.3. The predicted octanol–water partition coefficient (Wildman–Crippen LogP) is 3.35. The maximum Gasteiger partial charge on any atom is 0.338 e. The van der Waals surface area contributed by atoms with Gasteiger partial charge in [-0.25, -0.2) is 9.59 Å². The number of benzene rings is 1. The first kappa shape index (κ1) is 16.0. The highest BCUT2D eigenvalue weighted by atomic mass is 16.4. The smallest absolute Gasteiger partial charge is 0.338 e. The van der Waals surface area contributed by atoms with Crippen LogP contribution in [0, 0.1) is 6.92 Å². The van der Waals surface area contributed by atoms with Crippen molar-refractivity contribution >= 4 is 17.7 Å². The molecule has 110 valence electrons. The molecule has 0 saturated heterocycles. The second-order valence-corrected chi connectivity index (χ2v) is 5.02. The average Bonchev–Trinajstić information content (AvgIpc) is 2.34. The minimum absolute atomic E-state index is 0.0630. The normalized spacial score (nSPS) is 10.4. The van der Waals surface area contributed by atoms with E-state index < -0.39 is 5.97 Å². The van der Waals surface area contributed by atoms with Gasteiger partial charge in [-0.05, 0) is 38.8 Å². The molecule has 0 aliphatic heterocycles. The Morgan fingerprint density at radius 1 is 1.35 bits per heavy atom. The molecule has 0 aliphatic carbocycles. The van der Waals surface area contributed by atoms with Crippen LogP contribution in [0.2, 0.25) is 0 Å². The fraction of sp³-hybridized carbons (Fsp3) is 0.467. The predicted molar refractivity (Wildman–Crippen MR) is 79.3 cm³/mol. The van der Waals surface area contributed by atoms with Crippen LogP contribution in [0.25, 0.3) is 0 Å². The first-order valence-electron chi connectivity index (χ1n) is 6.79. The number of carboxylic acids is 1. The Kier molecular flexibility index (Phi) is 5.55. The van der Waals surface area contributed by atoms with Gasteiger partial charge in [0.1, 0.15) is 0 Å². The van der Waals surface area contributed by atoms with Gasteiger partial charge in [-0.3, -0.25) is 0 Å². The summed E-state index contributed by atoms with van der Waals surface area (Å²) in [5.74, 6) is -1.04. The molecule has 5 heteroatoms. The summed E-state index contributed by atoms with van der Waals surface area (Å²) in [6, 6.07) is 4.85. The van der Waals surface area contributed by atoms with Crippen LogP contribution in [-0.4, -0.2) is 34.6 Å². The molecular formula is C15H22N2O3. The number of hydrogen-bond acceptors (Lipinski definition) is 2. The topological polar surface area (TPSA) is 69.6 Å². The molecule has 2 amide bonds. The Hall–Kier alpha value is -2.04. The zero-order chi connectivity index (χ0) is 15.3. The molecule has 1 rings (SSSR count). The quantitative estimate of drug-likeness (QED) is 0.867. The minimum Gasteiger partial charge on any atom is -0.478 e. The summed E-state index contributed by atoms with van der Waals surface area (Å²) < 4.78 is 0. The highest BCUT2D eigenvalue weighted by molar-refractivity contribution is 6.01. The standard InChI is InChI=1S/C15H22N2O3/c1-5-9-17(10(2)3)15(20)16-12-8-6-7-11(4)13(12)14(18)19/h6-8,10H,5,9H2,1-4H3,(H,16,20)(H,18,19). The van der Waals surface area contributed by atoms with Gasteiger partial charge in [0.2, 0.25) is 0 Å². The minimum atomic E-state index is -1.04. The summed E-state index contributed by atoms with van der Waals surface area (Å²) in [7, 11) is 0. The summed E-state index contributed by atoms with van der Waals surface area (Å²) in [4.78, 5) is 25.2. The van der Waals surface area contributed by atoms with Gasteiger partial charge >= 0.3 is 12.0 Å². The SMILES string of the molecule is CCCN(C(=O)Nc1cccc(C)c1C(=O)O)C(C)C. The van der Waals surface area contributed by atoms with Crippen LogP contribution in [0.15, 0.2) is 18.2 Å². The third-order valence-electron chi connectivity index (χ3n) is 3.08. The molecule has 0 unspecified atom stereocenters. The number of carbonyl (C=O) groups is 2. The van der Waals surface area contributed by atoms with E-state index in [1.807, 2.05) is 20.8 Å². The van der Waals surface area contributed by atoms with Crippen LogP contribution in [0.4, 0.5) is 10.5 Å². The van der Waals surface area contributed by atoms with E-state index in [4.69, 9.17) is 0 Å². The van der Waals surface area contributed by atoms with Gasteiger partial charge in [-0.2, -0.15) is 0 Å². The second kappa shape index (κ2) is 6.93. The number of urea groups is 1. The number of nitrogens with zero attached hydrogens (tertiary/aromatic N) is 1. The molecule has 0 heterocycles. The molecule has 0 bridgehead atoms. The number of anilines is 1. The summed E-state index contributed by atoms with van der Waals surface area (Å²) in [6.07, 6.45) is 0.852. The number of nitrogens with one attached hydrogen (secondary N) is 1. The van der Waals surface area contributed by atoms with Crippen molar-refractivity contribution in [3.05, 3.63) is 29.3 Å². The van der Waals surface area contributed by atoms with Crippen molar-refractivity contribution in [2.75, 3.05) is 11.9 Å². The third kappa shape index (κ3) is 3.73. The fourth-order valence-corrected chi connectivity index (χ4v) is 2.08. The highest BCUT2D eigenvalue weighted by Crippen LogP contribution is 2.20. The Morgan fingerprint density at radius 2 is 2.00 bits per heavy atom. The van der Waals surface area contributed by atoms with Crippen LogP contribution in [0.1, 0.15) is 43.1 Å². The van der Waals surface area contributed by atoms with E-state index in [1.165, 1.54) is 0 Å². The van der Waals surface area contributed by atoms with E-state index in [0.717, 1.165) is 6.42 Å². The molecule has 1 aromatic rings. The first-order chi connectivity index (χ1) is 9.38. The van der Waals surface area contributed by atoms with Crippen LogP contribution >= 0.6 is 0 Å². The van der Waals surface area contributed by atoms with Crippen molar-refractivity contribution in [2.45, 2.75) is 40.2 Å². The Morgan fingerprint density at radius 3 is 2.50 bits per heavy atom. The number of aromatic carboxylic acids is 1. The maximum absolute atomic E-state index is 12.3. The van der Waals surface area contributed by atoms with Gasteiger partial charge in [-0.15, -0.1) is 0 Å². The number of aryl methyl sites for hydroxylation is 1. The van der Waals surface area contributed by atoms with Crippen molar-refractivity contribution in [2.24, 2.45) is 0 Å². The van der Waals surface area contributed by atoms with Crippen molar-refractivity contribution < 1.29 is 14.7 Å². The summed E-state index contributed by atoms with van der Waals surface area (Å²) in [5.41, 5.74) is 1.10. The number of rotatable bonds is 5. The van der Waals surface area contributed by atoms with E-state index in [2.05, 4.69) is 5.32 Å². The van der Waals surface area contributed by atoms with Crippen molar-refractivity contribution in [3.63, 3.8) is 0 Å². The van der Waals surface area contributed by atoms with Gasteiger partial charge in [0, 0.05) is 12.6 Å². The molecule has 0 saturated carbocycles. The van der Waals surface area contributed by atoms with Crippen LogP contribution in [-0.2, 0) is 0 Å². The number of carbonyl (C=O) groups excluding carboxylic acids is 1. The molecule has 0 spiro atoms. The molecule has 0 aliphatic rings. The number of carboxylic acid groups (broad SMARTS) is 1. The lowest BCUT2D eigenvalue weighted by molar-refractivity contribution is 0.0697. The van der Waals surface area contributed by atoms with Crippen molar-refractivity contribution in [1.82, 2.24) is 4.90 Å². The Labute approximate surface area is 119 Å². The Bertz CT molecular complexity index is 498. The highest BCUT2D eigenvalue weighted by Gasteiger charge is 2.19. The fourth-order valence-electron chi connectivity index (χ4n) is 2.08. The largest absolute Gasteiger partial charge is 0.478 e. The van der Waals surface area contributed by atoms with Crippen LogP contribution in [0.5, 0.6) is 0 Å². The summed E-state index contributed by atoms with van der Waals surface area (Å²) in [5, 5.41) is 12.0. The molecule has 5 nitrogen and oxygen atoms in total. The van der Waals surface area contributed by atoms with Crippen molar-refractivity contribution in [3.8, 4) is 0 Å². The molecule has 0 atom stereocenters. The lowest BCUT2D eigenvalue weighted by Gasteiger charge is -2.27. The molecule has 1 aromatic carbocycles. The first-order valence-corrected chi connectivity index (χ1v) is 6.79. The van der Waals surface area contributed by atoms with Gasteiger partial charge in [0.25, 0.3) is 0 Å². The third-order valence-corrected chi connectivity index (χ3v) is 3.08. The van der Waals surface area contributed by atoms with Crippen LogP contribution in [0.3, 0.4) is 0 Å². The van der Waals surface area contributed by atoms with Crippen molar-refractivity contribution in [1.29, 1.82) is 0 Å². The van der Waals surface area contributed by atoms with E-state index in [-0.39, 0.29) is 17.6 Å². The lowest BCUT2D eigenvalue weighted by Crippen LogP contribution is -2.40. The van der Waals surface area contributed by atoms with E-state index >= 15 is 0 Å². The molecule has 2 N–H and O–H groups in total. The molecular weight excluding hydrogens is 256 g/mol. The van der Waals surface area contributed by atoms with E-state index in [0.29, 0.717) is 17.8 Å². The summed E-state index contributed by atoms with van der Waals surface area (Å²) >= 11 is 0. The zero-order valence-corrected chi connectivity index (χ0v) is 12.4. The summed E-state index contributed by atoms with van der Waals surface area (Å²) in [6.45, 7) is 8.22. The monoisotopic (exact) mass is 278 g/mol. The number of amides is 2. The van der Waals surface area contributed by atoms with E-state index in [9.17, 15) is 14.7 Å². The zero-order valence-electron chi connectivity index (χ0n) is 12.4. The van der Waals surface area contributed by atoms with Gasteiger partial charge in [0.15, 0.2) is 0 Å². The number of hydrogen-bond donors (Lipinski definition) is 2. The molecule has 20 heavy (non-hydrogen) atoms. The second-order valence-electron chi connectivity index (χ2n) is 5.02. The average molecular weight is 278 g/mol.